The minimum atomic E-state index is -0.290. The van der Waals surface area contributed by atoms with E-state index in [0.29, 0.717) is 35.3 Å². The van der Waals surface area contributed by atoms with Crippen LogP contribution in [0.25, 0.3) is 21.7 Å². The van der Waals surface area contributed by atoms with Crippen molar-refractivity contribution in [1.29, 1.82) is 0 Å². The Labute approximate surface area is 173 Å². The number of fused-ring (bicyclic) bond motifs is 2. The minimum Gasteiger partial charge on any atom is -0.460 e. The molecule has 0 aliphatic rings. The van der Waals surface area contributed by atoms with Crippen LogP contribution in [0.4, 0.5) is 0 Å². The molecule has 1 heterocycles. The summed E-state index contributed by atoms with van der Waals surface area (Å²) in [5.74, 6) is 0.574. The van der Waals surface area contributed by atoms with Crippen molar-refractivity contribution in [3.8, 4) is 17.2 Å². The summed E-state index contributed by atoms with van der Waals surface area (Å²) in [6.07, 6.45) is 2.72. The van der Waals surface area contributed by atoms with Crippen LogP contribution >= 0.6 is 0 Å². The fraction of sp³-hybridized carbons (Fsp3) is 0.200. The molecule has 0 unspecified atom stereocenters. The molecule has 1 aromatic heterocycles. The molecule has 0 spiro atoms. The van der Waals surface area contributed by atoms with Crippen LogP contribution in [-0.2, 0) is 4.79 Å². The van der Waals surface area contributed by atoms with Gasteiger partial charge in [-0.1, -0.05) is 44.2 Å². The molecule has 0 bridgehead atoms. The van der Waals surface area contributed by atoms with Crippen LogP contribution in [0.15, 0.2) is 76.1 Å². The maximum absolute atomic E-state index is 12.8. The summed E-state index contributed by atoms with van der Waals surface area (Å²) in [5, 5.41) is 2.46. The van der Waals surface area contributed by atoms with E-state index in [2.05, 4.69) is 0 Å². The molecule has 0 N–H and O–H groups in total. The Balaban J connectivity index is 1.60. The minimum absolute atomic E-state index is 0.0968. The van der Waals surface area contributed by atoms with E-state index in [1.165, 1.54) is 6.26 Å². The third-order valence-corrected chi connectivity index (χ3v) is 5.20. The zero-order valence-corrected chi connectivity index (χ0v) is 16.9. The maximum Gasteiger partial charge on any atom is 0.314 e. The molecule has 4 rings (SSSR count). The highest BCUT2D eigenvalue weighted by Crippen LogP contribution is 2.27. The summed E-state index contributed by atoms with van der Waals surface area (Å²) in [6, 6.07) is 18.3. The van der Waals surface area contributed by atoms with Crippen molar-refractivity contribution < 1.29 is 18.7 Å². The van der Waals surface area contributed by atoms with Gasteiger partial charge in [0.15, 0.2) is 0 Å². The van der Waals surface area contributed by atoms with Gasteiger partial charge in [0.1, 0.15) is 23.3 Å². The van der Waals surface area contributed by atoms with Gasteiger partial charge in [-0.15, -0.1) is 0 Å². The average molecular weight is 402 g/mol. The molecule has 0 atom stereocenters. The number of hydrogen-bond acceptors (Lipinski definition) is 5. The zero-order chi connectivity index (χ0) is 21.1. The molecule has 0 amide bonds. The first-order valence-corrected chi connectivity index (χ1v) is 10.0. The van der Waals surface area contributed by atoms with E-state index < -0.39 is 0 Å². The summed E-state index contributed by atoms with van der Waals surface area (Å²) in [4.78, 5) is 25.0. The number of carbonyl (C=O) groups excluding carboxylic acids is 1. The monoisotopic (exact) mass is 402 g/mol. The Morgan fingerprint density at radius 3 is 2.43 bits per heavy atom. The number of carbonyl (C=O) groups is 1. The van der Waals surface area contributed by atoms with E-state index >= 15 is 0 Å². The lowest BCUT2D eigenvalue weighted by molar-refractivity contribution is -0.139. The lowest BCUT2D eigenvalue weighted by Crippen LogP contribution is -2.19. The highest BCUT2D eigenvalue weighted by atomic mass is 16.5. The molecule has 0 aliphatic heterocycles. The first kappa shape index (κ1) is 19.7. The first-order valence-electron chi connectivity index (χ1n) is 10.0. The summed E-state index contributed by atoms with van der Waals surface area (Å²) in [5.41, 5.74) is 0.0444. The van der Waals surface area contributed by atoms with Gasteiger partial charge in [0, 0.05) is 6.07 Å². The van der Waals surface area contributed by atoms with Gasteiger partial charge in [-0.05, 0) is 47.9 Å². The number of benzene rings is 3. The largest absolute Gasteiger partial charge is 0.460 e. The first-order chi connectivity index (χ1) is 14.6. The molecule has 5 heteroatoms. The topological polar surface area (TPSA) is 65.7 Å². The predicted octanol–water partition coefficient (Wildman–Crippen LogP) is 6.08. The third kappa shape index (κ3) is 3.92. The van der Waals surface area contributed by atoms with E-state index in [0.717, 1.165) is 10.8 Å². The van der Waals surface area contributed by atoms with Crippen LogP contribution in [0.1, 0.15) is 26.7 Å². The van der Waals surface area contributed by atoms with Crippen molar-refractivity contribution in [3.05, 3.63) is 77.2 Å². The maximum atomic E-state index is 12.8. The lowest BCUT2D eigenvalue weighted by atomic mass is 10.0. The summed E-state index contributed by atoms with van der Waals surface area (Å²) < 4.78 is 16.8. The Bertz CT molecular complexity index is 1270. The molecule has 0 radical (unpaired) electrons. The fourth-order valence-corrected chi connectivity index (χ4v) is 3.40. The number of rotatable bonds is 6. The van der Waals surface area contributed by atoms with Crippen LogP contribution in [0.2, 0.25) is 0 Å². The van der Waals surface area contributed by atoms with Crippen molar-refractivity contribution in [2.45, 2.75) is 26.7 Å². The van der Waals surface area contributed by atoms with Crippen molar-refractivity contribution in [2.75, 3.05) is 0 Å². The summed E-state index contributed by atoms with van der Waals surface area (Å²) in [6.45, 7) is 3.90. The summed E-state index contributed by atoms with van der Waals surface area (Å²) in [7, 11) is 0. The molecule has 4 aromatic rings. The number of hydrogen-bond donors (Lipinski definition) is 0. The van der Waals surface area contributed by atoms with Crippen LogP contribution in [0.5, 0.6) is 17.2 Å². The van der Waals surface area contributed by atoms with Crippen molar-refractivity contribution in [2.24, 2.45) is 5.92 Å². The molecular formula is C25H22O5. The van der Waals surface area contributed by atoms with E-state index in [-0.39, 0.29) is 23.1 Å². The second-order valence-electron chi connectivity index (χ2n) is 7.13. The van der Waals surface area contributed by atoms with Crippen LogP contribution in [-0.4, -0.2) is 5.97 Å². The zero-order valence-electron chi connectivity index (χ0n) is 16.9. The van der Waals surface area contributed by atoms with E-state index in [9.17, 15) is 9.59 Å². The van der Waals surface area contributed by atoms with Gasteiger partial charge in [0.2, 0.25) is 11.2 Å². The van der Waals surface area contributed by atoms with Gasteiger partial charge in [-0.2, -0.15) is 0 Å². The lowest BCUT2D eigenvalue weighted by Gasteiger charge is -2.12. The highest BCUT2D eigenvalue weighted by molar-refractivity contribution is 5.84. The average Bonchev–Trinajstić information content (AvgIpc) is 2.76. The third-order valence-electron chi connectivity index (χ3n) is 5.20. The van der Waals surface area contributed by atoms with Crippen LogP contribution in [0.3, 0.4) is 0 Å². The molecule has 5 nitrogen and oxygen atoms in total. The Morgan fingerprint density at radius 1 is 0.933 bits per heavy atom. The van der Waals surface area contributed by atoms with E-state index in [1.807, 2.05) is 56.3 Å². The van der Waals surface area contributed by atoms with E-state index in [1.54, 1.807) is 18.2 Å². The van der Waals surface area contributed by atoms with Gasteiger partial charge in [-0.25, -0.2) is 0 Å². The molecule has 0 saturated carbocycles. The standard InChI is InChI=1S/C25H22O5/c1-3-16(4-2)25(27)30-20-11-12-21-22(14-20)28-15-23(24(21)26)29-19-10-9-17-7-5-6-8-18(17)13-19/h5-16H,3-4H2,1-2H3. The van der Waals surface area contributed by atoms with Crippen LogP contribution < -0.4 is 14.9 Å². The second kappa shape index (κ2) is 8.41. The number of ether oxygens (including phenoxy) is 2. The normalized spacial score (nSPS) is 11.2. The smallest absolute Gasteiger partial charge is 0.314 e. The van der Waals surface area contributed by atoms with Crippen molar-refractivity contribution in [3.63, 3.8) is 0 Å². The molecule has 0 fully saturated rings. The van der Waals surface area contributed by atoms with Gasteiger partial charge >= 0.3 is 5.97 Å². The van der Waals surface area contributed by atoms with Gasteiger partial charge in [-0.3, -0.25) is 9.59 Å². The Kier molecular flexibility index (Phi) is 5.53. The van der Waals surface area contributed by atoms with Gasteiger partial charge in [0.25, 0.3) is 0 Å². The van der Waals surface area contributed by atoms with Gasteiger partial charge < -0.3 is 13.9 Å². The number of esters is 1. The molecular weight excluding hydrogens is 380 g/mol. The molecule has 152 valence electrons. The van der Waals surface area contributed by atoms with Crippen molar-refractivity contribution in [1.82, 2.24) is 0 Å². The second-order valence-corrected chi connectivity index (χ2v) is 7.13. The Morgan fingerprint density at radius 2 is 1.67 bits per heavy atom. The van der Waals surface area contributed by atoms with Crippen molar-refractivity contribution >= 4 is 27.7 Å². The predicted molar refractivity (Wildman–Crippen MR) is 116 cm³/mol. The quantitative estimate of drug-likeness (QED) is 0.289. The highest BCUT2D eigenvalue weighted by Gasteiger charge is 2.17. The SMILES string of the molecule is CCC(CC)C(=O)Oc1ccc2c(=O)c(Oc3ccc4ccccc4c3)coc2c1. The fourth-order valence-electron chi connectivity index (χ4n) is 3.40. The molecule has 30 heavy (non-hydrogen) atoms. The van der Waals surface area contributed by atoms with Gasteiger partial charge in [0.05, 0.1) is 11.3 Å². The summed E-state index contributed by atoms with van der Waals surface area (Å²) >= 11 is 0. The molecule has 3 aromatic carbocycles. The van der Waals surface area contributed by atoms with Crippen LogP contribution in [0, 0.1) is 5.92 Å². The van der Waals surface area contributed by atoms with E-state index in [4.69, 9.17) is 13.9 Å². The molecule has 0 saturated heterocycles. The molecule has 0 aliphatic carbocycles. The Hall–Kier alpha value is -3.60.